The molecule has 0 amide bonds. The molecule has 0 aliphatic heterocycles. The molecule has 0 radical (unpaired) electrons. The zero-order valence-electron chi connectivity index (χ0n) is 10.3. The minimum absolute atomic E-state index is 0.223. The van der Waals surface area contributed by atoms with E-state index in [1.807, 2.05) is 25.1 Å². The fraction of sp³-hybridized carbons (Fsp3) is 0.538. The maximum atomic E-state index is 6.06. The molecule has 1 unspecified atom stereocenters. The second-order valence-electron chi connectivity index (χ2n) is 3.83. The molecule has 2 nitrogen and oxygen atoms in total. The monoisotopic (exact) mass is 367 g/mol. The number of hydrogen-bond acceptors (Lipinski definition) is 2. The summed E-state index contributed by atoms with van der Waals surface area (Å²) in [6, 6.07) is 6.21. The zero-order chi connectivity index (χ0) is 12.7. The lowest BCUT2D eigenvalue weighted by Crippen LogP contribution is -2.27. The van der Waals surface area contributed by atoms with Crippen LogP contribution in [0.2, 0.25) is 5.02 Å². The van der Waals surface area contributed by atoms with Gasteiger partial charge in [0.25, 0.3) is 0 Å². The number of ether oxygens (including phenoxy) is 1. The molecule has 0 aromatic heterocycles. The Bertz CT molecular complexity index is 338. The van der Waals surface area contributed by atoms with Gasteiger partial charge >= 0.3 is 0 Å². The van der Waals surface area contributed by atoms with E-state index in [0.717, 1.165) is 24.6 Å². The third kappa shape index (κ3) is 5.12. The summed E-state index contributed by atoms with van der Waals surface area (Å²) in [7, 11) is 0. The van der Waals surface area contributed by atoms with E-state index in [0.29, 0.717) is 6.61 Å². The SMILES string of the molecule is CCCNC(COCC)c1cc(Cl)ccc1I. The number of halogens is 2. The van der Waals surface area contributed by atoms with E-state index in [-0.39, 0.29) is 6.04 Å². The third-order valence-corrected chi connectivity index (χ3v) is 3.68. The van der Waals surface area contributed by atoms with Gasteiger partial charge in [0.2, 0.25) is 0 Å². The van der Waals surface area contributed by atoms with Crippen molar-refractivity contribution < 1.29 is 4.74 Å². The summed E-state index contributed by atoms with van der Waals surface area (Å²) in [5.41, 5.74) is 1.22. The molecule has 17 heavy (non-hydrogen) atoms. The van der Waals surface area contributed by atoms with Gasteiger partial charge < -0.3 is 10.1 Å². The Labute approximate surface area is 122 Å². The highest BCUT2D eigenvalue weighted by molar-refractivity contribution is 14.1. The molecule has 1 atom stereocenters. The molecule has 1 aromatic carbocycles. The summed E-state index contributed by atoms with van der Waals surface area (Å²) in [6.45, 7) is 6.59. The second kappa shape index (κ2) is 8.29. The highest BCUT2D eigenvalue weighted by Crippen LogP contribution is 2.24. The van der Waals surface area contributed by atoms with E-state index in [1.165, 1.54) is 9.13 Å². The van der Waals surface area contributed by atoms with Crippen LogP contribution in [-0.4, -0.2) is 19.8 Å². The van der Waals surface area contributed by atoms with Crippen LogP contribution in [0.5, 0.6) is 0 Å². The summed E-state index contributed by atoms with van der Waals surface area (Å²) in [5, 5.41) is 4.28. The number of benzene rings is 1. The van der Waals surface area contributed by atoms with Crippen molar-refractivity contribution in [3.05, 3.63) is 32.4 Å². The summed E-state index contributed by atoms with van der Waals surface area (Å²) >= 11 is 8.40. The van der Waals surface area contributed by atoms with Crippen LogP contribution in [0.1, 0.15) is 31.9 Å². The van der Waals surface area contributed by atoms with Crippen molar-refractivity contribution in [2.24, 2.45) is 0 Å². The second-order valence-corrected chi connectivity index (χ2v) is 5.43. The average Bonchev–Trinajstić information content (AvgIpc) is 2.33. The maximum absolute atomic E-state index is 6.06. The number of hydrogen-bond donors (Lipinski definition) is 1. The smallest absolute Gasteiger partial charge is 0.0661 e. The molecule has 0 heterocycles. The van der Waals surface area contributed by atoms with Crippen molar-refractivity contribution in [3.8, 4) is 0 Å². The van der Waals surface area contributed by atoms with E-state index in [9.17, 15) is 0 Å². The summed E-state index contributed by atoms with van der Waals surface area (Å²) in [4.78, 5) is 0. The molecule has 0 aliphatic carbocycles. The largest absolute Gasteiger partial charge is 0.380 e. The van der Waals surface area contributed by atoms with E-state index in [4.69, 9.17) is 16.3 Å². The number of rotatable bonds is 7. The van der Waals surface area contributed by atoms with Gasteiger partial charge in [-0.25, -0.2) is 0 Å². The summed E-state index contributed by atoms with van der Waals surface area (Å²) < 4.78 is 6.76. The molecular weight excluding hydrogens is 349 g/mol. The van der Waals surface area contributed by atoms with Gasteiger partial charge in [0.05, 0.1) is 12.6 Å². The quantitative estimate of drug-likeness (QED) is 0.735. The molecule has 0 saturated carbocycles. The van der Waals surface area contributed by atoms with E-state index >= 15 is 0 Å². The first kappa shape index (κ1) is 15.2. The molecule has 1 aromatic rings. The van der Waals surface area contributed by atoms with Gasteiger partial charge in [-0.05, 0) is 66.2 Å². The molecule has 0 bridgehead atoms. The van der Waals surface area contributed by atoms with Gasteiger partial charge in [-0.3, -0.25) is 0 Å². The Hall–Kier alpha value is 0.160. The van der Waals surface area contributed by atoms with Crippen molar-refractivity contribution in [2.75, 3.05) is 19.8 Å². The van der Waals surface area contributed by atoms with Crippen LogP contribution in [0.3, 0.4) is 0 Å². The Morgan fingerprint density at radius 3 is 2.82 bits per heavy atom. The van der Waals surface area contributed by atoms with Crippen LogP contribution in [0.15, 0.2) is 18.2 Å². The van der Waals surface area contributed by atoms with Gasteiger partial charge in [0.1, 0.15) is 0 Å². The summed E-state index contributed by atoms with van der Waals surface area (Å²) in [5.74, 6) is 0. The van der Waals surface area contributed by atoms with Gasteiger partial charge in [0, 0.05) is 15.2 Å². The first-order chi connectivity index (χ1) is 8.19. The molecule has 1 rings (SSSR count). The molecule has 96 valence electrons. The topological polar surface area (TPSA) is 21.3 Å². The Balaban J connectivity index is 2.82. The minimum atomic E-state index is 0.223. The van der Waals surface area contributed by atoms with Crippen LogP contribution < -0.4 is 5.32 Å². The third-order valence-electron chi connectivity index (χ3n) is 2.46. The summed E-state index contributed by atoms with van der Waals surface area (Å²) in [6.07, 6.45) is 1.11. The maximum Gasteiger partial charge on any atom is 0.0661 e. The first-order valence-corrected chi connectivity index (χ1v) is 7.40. The lowest BCUT2D eigenvalue weighted by atomic mass is 10.1. The van der Waals surface area contributed by atoms with Crippen LogP contribution in [-0.2, 0) is 4.74 Å². The Kier molecular flexibility index (Phi) is 7.43. The molecule has 1 N–H and O–H groups in total. The van der Waals surface area contributed by atoms with Gasteiger partial charge in [0.15, 0.2) is 0 Å². The molecule has 0 fully saturated rings. The predicted octanol–water partition coefficient (Wildman–Crippen LogP) is 4.02. The van der Waals surface area contributed by atoms with Crippen LogP contribution in [0, 0.1) is 3.57 Å². The molecule has 4 heteroatoms. The fourth-order valence-electron chi connectivity index (χ4n) is 1.59. The lowest BCUT2D eigenvalue weighted by Gasteiger charge is -2.20. The van der Waals surface area contributed by atoms with Crippen molar-refractivity contribution in [2.45, 2.75) is 26.3 Å². The molecular formula is C13H19ClINO. The Morgan fingerprint density at radius 2 is 2.18 bits per heavy atom. The predicted molar refractivity (Wildman–Crippen MR) is 81.7 cm³/mol. The van der Waals surface area contributed by atoms with Crippen LogP contribution in [0.4, 0.5) is 0 Å². The van der Waals surface area contributed by atoms with Crippen molar-refractivity contribution >= 4 is 34.2 Å². The molecule has 0 saturated heterocycles. The number of nitrogens with one attached hydrogen (secondary N) is 1. The average molecular weight is 368 g/mol. The van der Waals surface area contributed by atoms with Gasteiger partial charge in [-0.1, -0.05) is 18.5 Å². The zero-order valence-corrected chi connectivity index (χ0v) is 13.2. The van der Waals surface area contributed by atoms with Crippen molar-refractivity contribution in [1.29, 1.82) is 0 Å². The van der Waals surface area contributed by atoms with Crippen LogP contribution >= 0.6 is 34.2 Å². The highest BCUT2D eigenvalue weighted by Gasteiger charge is 2.14. The lowest BCUT2D eigenvalue weighted by molar-refractivity contribution is 0.123. The first-order valence-electron chi connectivity index (χ1n) is 5.95. The van der Waals surface area contributed by atoms with Crippen molar-refractivity contribution in [1.82, 2.24) is 5.32 Å². The van der Waals surface area contributed by atoms with Gasteiger partial charge in [-0.15, -0.1) is 0 Å². The van der Waals surface area contributed by atoms with E-state index in [2.05, 4.69) is 34.8 Å². The van der Waals surface area contributed by atoms with E-state index < -0.39 is 0 Å². The standard InChI is InChI=1S/C13H19ClINO/c1-3-7-16-13(9-17-4-2)11-8-10(14)5-6-12(11)15/h5-6,8,13,16H,3-4,7,9H2,1-2H3. The Morgan fingerprint density at radius 1 is 1.41 bits per heavy atom. The van der Waals surface area contributed by atoms with Crippen molar-refractivity contribution in [3.63, 3.8) is 0 Å². The van der Waals surface area contributed by atoms with E-state index in [1.54, 1.807) is 0 Å². The highest BCUT2D eigenvalue weighted by atomic mass is 127. The molecule has 0 aliphatic rings. The normalized spacial score (nSPS) is 12.7. The molecule has 0 spiro atoms. The fourth-order valence-corrected chi connectivity index (χ4v) is 2.49. The van der Waals surface area contributed by atoms with Crippen LogP contribution in [0.25, 0.3) is 0 Å². The minimum Gasteiger partial charge on any atom is -0.380 e. The van der Waals surface area contributed by atoms with Gasteiger partial charge in [-0.2, -0.15) is 0 Å².